The summed E-state index contributed by atoms with van der Waals surface area (Å²) >= 11 is 0. The molecule has 0 spiro atoms. The second-order valence-corrected chi connectivity index (χ2v) is 18.4. The Morgan fingerprint density at radius 1 is 0.267 bits per heavy atom. The van der Waals surface area contributed by atoms with Crippen LogP contribution in [-0.2, 0) is 0 Å². The van der Waals surface area contributed by atoms with E-state index in [0.717, 1.165) is 0 Å². The lowest BCUT2D eigenvalue weighted by molar-refractivity contribution is 0.111. The first-order valence-corrected chi connectivity index (χ1v) is 22.2. The van der Waals surface area contributed by atoms with Crippen molar-refractivity contribution in [3.63, 3.8) is 0 Å². The second-order valence-electron chi connectivity index (χ2n) is 12.2. The molecule has 0 N–H and O–H groups in total. The highest BCUT2D eigenvalue weighted by Gasteiger charge is 2.50. The van der Waals surface area contributed by atoms with E-state index in [-0.39, 0.29) is 67.9 Å². The van der Waals surface area contributed by atoms with Crippen molar-refractivity contribution in [2.45, 2.75) is 0 Å². The third-order valence-electron chi connectivity index (χ3n) is 8.26. The van der Waals surface area contributed by atoms with E-state index in [4.69, 9.17) is 40.7 Å². The Morgan fingerprint density at radius 3 is 0.567 bits per heavy atom. The summed E-state index contributed by atoms with van der Waals surface area (Å²) in [6.45, 7) is 0. The fourth-order valence-electron chi connectivity index (χ4n) is 5.49. The number of para-hydroxylation sites is 6. The molecule has 0 amide bonds. The fourth-order valence-corrected chi connectivity index (χ4v) is 14.7. The molecule has 0 bridgehead atoms. The summed E-state index contributed by atoms with van der Waals surface area (Å²) in [6, 6.07) is 36.3. The van der Waals surface area contributed by atoms with Gasteiger partial charge in [0.25, 0.3) is 0 Å². The number of aldehydes is 6. The van der Waals surface area contributed by atoms with Crippen LogP contribution in [0.4, 0.5) is 0 Å². The molecule has 1 aliphatic rings. The van der Waals surface area contributed by atoms with E-state index in [1.54, 1.807) is 72.8 Å². The van der Waals surface area contributed by atoms with Crippen molar-refractivity contribution in [1.29, 1.82) is 0 Å². The summed E-state index contributed by atoms with van der Waals surface area (Å²) in [4.78, 5) is 74.9. The Hall–Kier alpha value is -7.17. The van der Waals surface area contributed by atoms with Gasteiger partial charge in [-0.15, -0.1) is 0 Å². The molecular weight excluding hydrogens is 831 g/mol. The predicted octanol–water partition coefficient (Wildman–Crippen LogP) is 11.2. The van der Waals surface area contributed by atoms with Gasteiger partial charge in [-0.25, -0.2) is 0 Å². The molecule has 0 saturated carbocycles. The van der Waals surface area contributed by atoms with Crippen LogP contribution in [0.5, 0.6) is 34.5 Å². The third-order valence-corrected chi connectivity index (χ3v) is 16.3. The summed E-state index contributed by atoms with van der Waals surface area (Å²) in [5.41, 5.74) is 0.104. The van der Waals surface area contributed by atoms with Crippen molar-refractivity contribution in [3.05, 3.63) is 179 Å². The normalized spacial score (nSPS) is 14.2. The van der Waals surface area contributed by atoms with Crippen LogP contribution < -0.4 is 27.1 Å². The van der Waals surface area contributed by atoms with E-state index in [9.17, 15) is 28.8 Å². The first-order chi connectivity index (χ1) is 29.3. The minimum Gasteiger partial charge on any atom is -0.413 e. The van der Waals surface area contributed by atoms with E-state index >= 15 is 0 Å². The molecule has 300 valence electrons. The van der Waals surface area contributed by atoms with Crippen molar-refractivity contribution in [1.82, 2.24) is 0 Å². The largest absolute Gasteiger partial charge is 0.460 e. The predicted molar refractivity (Wildman–Crippen MR) is 223 cm³/mol. The Kier molecular flexibility index (Phi) is 12.4. The Morgan fingerprint density at radius 2 is 0.417 bits per heavy atom. The lowest BCUT2D eigenvalue weighted by Crippen LogP contribution is -2.13. The Balaban J connectivity index is 1.68. The van der Waals surface area contributed by atoms with Crippen LogP contribution in [0.25, 0.3) is 0 Å². The zero-order valence-corrected chi connectivity index (χ0v) is 33.6. The molecular formula is C42H30N3O12P3. The monoisotopic (exact) mass is 861 g/mol. The van der Waals surface area contributed by atoms with Crippen LogP contribution in [0.1, 0.15) is 62.1 Å². The molecule has 0 fully saturated rings. The number of nitrogens with zero attached hydrogens (tertiary/aromatic N) is 3. The van der Waals surface area contributed by atoms with Crippen LogP contribution >= 0.6 is 23.0 Å². The van der Waals surface area contributed by atoms with Gasteiger partial charge in [0.2, 0.25) is 0 Å². The number of hydrogen-bond donors (Lipinski definition) is 0. The topological polar surface area (TPSA) is 195 Å². The van der Waals surface area contributed by atoms with Crippen LogP contribution in [0.15, 0.2) is 159 Å². The molecule has 0 saturated heterocycles. The SMILES string of the molecule is O=Cc1ccccc1OP1(Oc2ccccc2C=O)=NP(Oc2ccccc2C=O)(Oc2ccccc2C=O)=NP(Oc2ccccc2C=O)(Oc2ccccc2C=O)=N1. The smallest absolute Gasteiger partial charge is 0.413 e. The first-order valence-electron chi connectivity index (χ1n) is 17.6. The molecule has 15 nitrogen and oxygen atoms in total. The zero-order chi connectivity index (χ0) is 42.0. The number of hydrogen-bond acceptors (Lipinski definition) is 15. The molecule has 6 aromatic rings. The molecule has 18 heteroatoms. The highest BCUT2D eigenvalue weighted by atomic mass is 31.3. The molecule has 0 atom stereocenters. The number of benzene rings is 6. The van der Waals surface area contributed by atoms with Crippen molar-refractivity contribution < 1.29 is 55.9 Å². The van der Waals surface area contributed by atoms with E-state index in [0.29, 0.717) is 37.7 Å². The molecule has 0 unspecified atom stereocenters. The highest BCUT2D eigenvalue weighted by Crippen LogP contribution is 2.79. The Bertz CT molecular complexity index is 2340. The summed E-state index contributed by atoms with van der Waals surface area (Å²) in [5.74, 6) is -0.677. The van der Waals surface area contributed by atoms with Gasteiger partial charge in [-0.2, -0.15) is 0 Å². The van der Waals surface area contributed by atoms with Crippen molar-refractivity contribution in [3.8, 4) is 34.5 Å². The molecule has 0 aromatic heterocycles. The van der Waals surface area contributed by atoms with Crippen molar-refractivity contribution in [2.24, 2.45) is 13.5 Å². The average molecular weight is 862 g/mol. The summed E-state index contributed by atoms with van der Waals surface area (Å²) in [6.07, 6.45) is 3.12. The van der Waals surface area contributed by atoms with Gasteiger partial charge in [-0.3, -0.25) is 28.8 Å². The maximum absolute atomic E-state index is 12.5. The van der Waals surface area contributed by atoms with Gasteiger partial charge in [-0.1, -0.05) is 86.3 Å². The molecule has 0 radical (unpaired) electrons. The van der Waals surface area contributed by atoms with Crippen LogP contribution in [-0.4, -0.2) is 37.7 Å². The minimum atomic E-state index is -4.72. The molecule has 7 rings (SSSR count). The summed E-state index contributed by atoms with van der Waals surface area (Å²) in [5, 5.41) is 0. The fraction of sp³-hybridized carbons (Fsp3) is 0. The molecule has 6 aromatic carbocycles. The standard InChI is InChI=1S/C42H30N3O12P3/c46-25-31-13-1-7-19-37(31)52-58(53-38-20-8-2-14-32(38)26-47)43-59(54-39-21-9-3-15-33(39)27-48,55-40-22-10-4-16-34(40)28-49)45-60(44-58,56-41-23-11-5-17-35(41)29-50)57-42-24-12-6-18-36(42)30-51/h1-30H. The van der Waals surface area contributed by atoms with Crippen LogP contribution in [0.3, 0.4) is 0 Å². The lowest BCUT2D eigenvalue weighted by Gasteiger charge is -2.33. The number of carbonyl (C=O) groups excluding carboxylic acids is 6. The summed E-state index contributed by atoms with van der Waals surface area (Å²) in [7, 11) is -14.1. The maximum Gasteiger partial charge on any atom is 0.460 e. The van der Waals surface area contributed by atoms with Gasteiger partial charge in [0.15, 0.2) is 37.7 Å². The highest BCUT2D eigenvalue weighted by molar-refractivity contribution is 7.79. The van der Waals surface area contributed by atoms with Crippen molar-refractivity contribution in [2.75, 3.05) is 0 Å². The summed E-state index contributed by atoms with van der Waals surface area (Å²) < 4.78 is 54.8. The van der Waals surface area contributed by atoms with E-state index in [1.807, 2.05) is 0 Å². The van der Waals surface area contributed by atoms with Gasteiger partial charge < -0.3 is 27.1 Å². The zero-order valence-electron chi connectivity index (χ0n) is 30.9. The molecule has 1 heterocycles. The van der Waals surface area contributed by atoms with Gasteiger partial charge in [0.05, 0.1) is 33.4 Å². The molecule has 1 aliphatic heterocycles. The Labute approximate surface area is 342 Å². The van der Waals surface area contributed by atoms with E-state index in [1.165, 1.54) is 72.8 Å². The van der Waals surface area contributed by atoms with Crippen LogP contribution in [0.2, 0.25) is 0 Å². The van der Waals surface area contributed by atoms with Gasteiger partial charge in [-0.05, 0) is 72.8 Å². The second kappa shape index (κ2) is 18.2. The minimum absolute atomic E-state index is 0.0174. The lowest BCUT2D eigenvalue weighted by atomic mass is 10.2. The third kappa shape index (κ3) is 8.94. The van der Waals surface area contributed by atoms with Gasteiger partial charge in [0.1, 0.15) is 34.5 Å². The van der Waals surface area contributed by atoms with Crippen LogP contribution in [0, 0.1) is 0 Å². The van der Waals surface area contributed by atoms with Gasteiger partial charge in [0, 0.05) is 0 Å². The number of carbonyl (C=O) groups is 6. The molecule has 60 heavy (non-hydrogen) atoms. The van der Waals surface area contributed by atoms with Crippen molar-refractivity contribution >= 4 is 60.7 Å². The van der Waals surface area contributed by atoms with E-state index < -0.39 is 23.0 Å². The average Bonchev–Trinajstić information content (AvgIpc) is 3.27. The van der Waals surface area contributed by atoms with E-state index in [2.05, 4.69) is 0 Å². The van der Waals surface area contributed by atoms with Gasteiger partial charge >= 0.3 is 23.0 Å². The quantitative estimate of drug-likeness (QED) is 0.0587. The first kappa shape index (κ1) is 41.0. The maximum atomic E-state index is 12.5. The number of rotatable bonds is 18. The molecule has 0 aliphatic carbocycles.